The first-order valence-corrected chi connectivity index (χ1v) is 6.45. The summed E-state index contributed by atoms with van der Waals surface area (Å²) in [5.74, 6) is 0.231. The first-order chi connectivity index (χ1) is 9.16. The molecular weight excluding hydrogens is 245 g/mol. The third-order valence-corrected chi connectivity index (χ3v) is 3.47. The van der Waals surface area contributed by atoms with E-state index in [1.54, 1.807) is 7.11 Å². The summed E-state index contributed by atoms with van der Waals surface area (Å²) in [6.07, 6.45) is 2.15. The van der Waals surface area contributed by atoms with Crippen LogP contribution in [-0.4, -0.2) is 32.8 Å². The van der Waals surface area contributed by atoms with Gasteiger partial charge in [-0.1, -0.05) is 12.1 Å². The van der Waals surface area contributed by atoms with E-state index >= 15 is 0 Å². The van der Waals surface area contributed by atoms with E-state index < -0.39 is 0 Å². The molecule has 5 heteroatoms. The van der Waals surface area contributed by atoms with Crippen LogP contribution in [0.5, 0.6) is 0 Å². The lowest BCUT2D eigenvalue weighted by atomic mass is 9.96. The number of hydrogen-bond acceptors (Lipinski definition) is 2. The Bertz CT molecular complexity index is 441. The van der Waals surface area contributed by atoms with Crippen LogP contribution in [0.15, 0.2) is 29.3 Å². The Balaban J connectivity index is 1.91. The van der Waals surface area contributed by atoms with E-state index in [9.17, 15) is 4.39 Å². The summed E-state index contributed by atoms with van der Waals surface area (Å²) in [4.78, 5) is 4.36. The number of halogens is 1. The topological polar surface area (TPSA) is 59.6 Å². The van der Waals surface area contributed by atoms with E-state index in [0.717, 1.165) is 18.4 Å². The van der Waals surface area contributed by atoms with E-state index in [1.807, 2.05) is 12.1 Å². The highest BCUT2D eigenvalue weighted by Gasteiger charge is 2.44. The molecule has 0 unspecified atom stereocenters. The second kappa shape index (κ2) is 6.02. The molecule has 104 valence electrons. The van der Waals surface area contributed by atoms with Crippen LogP contribution in [0.3, 0.4) is 0 Å². The van der Waals surface area contributed by atoms with Gasteiger partial charge in [0.15, 0.2) is 5.96 Å². The molecule has 1 aliphatic rings. The average Bonchev–Trinajstić information content (AvgIpc) is 3.19. The highest BCUT2D eigenvalue weighted by molar-refractivity contribution is 5.77. The molecule has 0 heterocycles. The van der Waals surface area contributed by atoms with Gasteiger partial charge in [-0.05, 0) is 30.5 Å². The van der Waals surface area contributed by atoms with Gasteiger partial charge in [0.1, 0.15) is 5.82 Å². The van der Waals surface area contributed by atoms with Gasteiger partial charge in [0.05, 0.1) is 13.2 Å². The molecule has 0 bridgehead atoms. The van der Waals surface area contributed by atoms with Crippen molar-refractivity contribution in [3.8, 4) is 0 Å². The van der Waals surface area contributed by atoms with Crippen LogP contribution in [0.2, 0.25) is 0 Å². The van der Waals surface area contributed by atoms with Crippen molar-refractivity contribution in [2.75, 3.05) is 26.8 Å². The first kappa shape index (κ1) is 13.8. The third-order valence-electron chi connectivity index (χ3n) is 3.47. The van der Waals surface area contributed by atoms with E-state index in [-0.39, 0.29) is 11.2 Å². The molecule has 1 aromatic rings. The zero-order chi connectivity index (χ0) is 13.7. The highest BCUT2D eigenvalue weighted by atomic mass is 19.1. The molecular formula is C14H20FN3O. The molecule has 1 aliphatic carbocycles. The minimum atomic E-state index is -0.205. The molecule has 4 nitrogen and oxygen atoms in total. The number of nitrogens with one attached hydrogen (secondary N) is 1. The van der Waals surface area contributed by atoms with Gasteiger partial charge >= 0.3 is 0 Å². The van der Waals surface area contributed by atoms with Crippen LogP contribution < -0.4 is 11.1 Å². The minimum absolute atomic E-state index is 0.0568. The van der Waals surface area contributed by atoms with Crippen LogP contribution in [0.4, 0.5) is 4.39 Å². The van der Waals surface area contributed by atoms with Gasteiger partial charge in [-0.25, -0.2) is 4.39 Å². The maximum absolute atomic E-state index is 12.9. The molecule has 1 saturated carbocycles. The van der Waals surface area contributed by atoms with Gasteiger partial charge in [0, 0.05) is 19.1 Å². The molecule has 3 N–H and O–H groups in total. The van der Waals surface area contributed by atoms with Crippen molar-refractivity contribution in [1.29, 1.82) is 0 Å². The van der Waals surface area contributed by atoms with Gasteiger partial charge in [0.25, 0.3) is 0 Å². The van der Waals surface area contributed by atoms with Crippen molar-refractivity contribution in [3.05, 3.63) is 35.6 Å². The molecule has 0 amide bonds. The van der Waals surface area contributed by atoms with Crippen LogP contribution in [0, 0.1) is 5.82 Å². The molecule has 2 rings (SSSR count). The molecule has 1 aromatic carbocycles. The van der Waals surface area contributed by atoms with E-state index in [4.69, 9.17) is 10.5 Å². The average molecular weight is 265 g/mol. The number of hydrogen-bond donors (Lipinski definition) is 2. The standard InChI is InChI=1S/C14H20FN3O/c1-19-9-8-17-13(16)18-10-14(6-7-14)11-2-4-12(15)5-3-11/h2-5H,6-10H2,1H3,(H3,16,17,18). The second-order valence-corrected chi connectivity index (χ2v) is 4.91. The minimum Gasteiger partial charge on any atom is -0.383 e. The molecule has 0 aromatic heterocycles. The smallest absolute Gasteiger partial charge is 0.188 e. The maximum atomic E-state index is 12.9. The van der Waals surface area contributed by atoms with E-state index in [1.165, 1.54) is 12.1 Å². The molecule has 19 heavy (non-hydrogen) atoms. The van der Waals surface area contributed by atoms with Crippen molar-refractivity contribution in [1.82, 2.24) is 5.32 Å². The van der Waals surface area contributed by atoms with E-state index in [2.05, 4.69) is 10.3 Å². The summed E-state index contributed by atoms with van der Waals surface area (Å²) >= 11 is 0. The van der Waals surface area contributed by atoms with Gasteiger partial charge in [-0.3, -0.25) is 4.99 Å². The van der Waals surface area contributed by atoms with Crippen LogP contribution in [-0.2, 0) is 10.2 Å². The van der Waals surface area contributed by atoms with Crippen molar-refractivity contribution in [3.63, 3.8) is 0 Å². The summed E-state index contributed by atoms with van der Waals surface area (Å²) in [7, 11) is 1.64. The molecule has 1 fully saturated rings. The lowest BCUT2D eigenvalue weighted by molar-refractivity contribution is 0.204. The van der Waals surface area contributed by atoms with Gasteiger partial charge in [-0.2, -0.15) is 0 Å². The Morgan fingerprint density at radius 3 is 2.68 bits per heavy atom. The maximum Gasteiger partial charge on any atom is 0.188 e. The summed E-state index contributed by atoms with van der Waals surface area (Å²) in [5, 5.41) is 2.99. The molecule has 0 spiro atoms. The number of rotatable bonds is 6. The van der Waals surface area contributed by atoms with Crippen LogP contribution >= 0.6 is 0 Å². The molecule has 0 aliphatic heterocycles. The Morgan fingerprint density at radius 1 is 1.42 bits per heavy atom. The zero-order valence-corrected chi connectivity index (χ0v) is 11.2. The quantitative estimate of drug-likeness (QED) is 0.464. The Hall–Kier alpha value is -1.62. The number of ether oxygens (including phenoxy) is 1. The Labute approximate surface area is 112 Å². The third kappa shape index (κ3) is 3.67. The second-order valence-electron chi connectivity index (χ2n) is 4.91. The lowest BCUT2D eigenvalue weighted by Crippen LogP contribution is -2.34. The number of methoxy groups -OCH3 is 1. The number of aliphatic imine (C=N–C) groups is 1. The highest BCUT2D eigenvalue weighted by Crippen LogP contribution is 2.48. The van der Waals surface area contributed by atoms with Crippen molar-refractivity contribution >= 4 is 5.96 Å². The predicted octanol–water partition coefficient (Wildman–Crippen LogP) is 1.41. The van der Waals surface area contributed by atoms with Crippen molar-refractivity contribution in [2.45, 2.75) is 18.3 Å². The molecule has 0 radical (unpaired) electrons. The first-order valence-electron chi connectivity index (χ1n) is 6.45. The number of guanidine groups is 1. The largest absolute Gasteiger partial charge is 0.383 e. The number of nitrogens with zero attached hydrogens (tertiary/aromatic N) is 1. The summed E-state index contributed by atoms with van der Waals surface area (Å²) in [6.45, 7) is 1.89. The number of benzene rings is 1. The van der Waals surface area contributed by atoms with E-state index in [0.29, 0.717) is 25.7 Å². The van der Waals surface area contributed by atoms with Crippen LogP contribution in [0.1, 0.15) is 18.4 Å². The fourth-order valence-electron chi connectivity index (χ4n) is 2.07. The molecule has 0 atom stereocenters. The van der Waals surface area contributed by atoms with Gasteiger partial charge in [-0.15, -0.1) is 0 Å². The normalized spacial score (nSPS) is 17.3. The van der Waals surface area contributed by atoms with Gasteiger partial charge < -0.3 is 15.8 Å². The summed E-state index contributed by atoms with van der Waals surface area (Å²) in [5.41, 5.74) is 6.97. The number of nitrogens with two attached hydrogens (primary N) is 1. The summed E-state index contributed by atoms with van der Waals surface area (Å²) in [6, 6.07) is 6.68. The van der Waals surface area contributed by atoms with Gasteiger partial charge in [0.2, 0.25) is 0 Å². The predicted molar refractivity (Wildman–Crippen MR) is 73.7 cm³/mol. The fourth-order valence-corrected chi connectivity index (χ4v) is 2.07. The van der Waals surface area contributed by atoms with Crippen molar-refractivity contribution < 1.29 is 9.13 Å². The Kier molecular flexibility index (Phi) is 4.37. The lowest BCUT2D eigenvalue weighted by Gasteiger charge is -2.13. The fraction of sp³-hybridized carbons (Fsp3) is 0.500. The van der Waals surface area contributed by atoms with Crippen molar-refractivity contribution in [2.24, 2.45) is 10.7 Å². The monoisotopic (exact) mass is 265 g/mol. The zero-order valence-electron chi connectivity index (χ0n) is 11.2. The van der Waals surface area contributed by atoms with Crippen LogP contribution in [0.25, 0.3) is 0 Å². The SMILES string of the molecule is COCCNC(N)=NCC1(c2ccc(F)cc2)CC1. The summed E-state index contributed by atoms with van der Waals surface area (Å²) < 4.78 is 17.8. The Morgan fingerprint density at radius 2 is 2.11 bits per heavy atom. The molecule has 0 saturated heterocycles.